The molecular weight excluding hydrogens is 388 g/mol. The van der Waals surface area contributed by atoms with Crippen molar-refractivity contribution in [3.8, 4) is 5.69 Å². The van der Waals surface area contributed by atoms with Crippen molar-refractivity contribution in [2.75, 3.05) is 25.0 Å². The second-order valence-electron chi connectivity index (χ2n) is 6.92. The molecule has 0 aliphatic carbocycles. The SMILES string of the molecule is CCN(CC)CCn1cc(NC(=O)c2ccc(-n3nc(C)c(Cl)c3C)cc2)cn1. The van der Waals surface area contributed by atoms with E-state index in [9.17, 15) is 4.79 Å². The van der Waals surface area contributed by atoms with Gasteiger partial charge in [0.2, 0.25) is 0 Å². The van der Waals surface area contributed by atoms with Crippen molar-refractivity contribution in [2.45, 2.75) is 34.2 Å². The zero-order chi connectivity index (χ0) is 21.0. The van der Waals surface area contributed by atoms with Crippen LogP contribution in [-0.2, 0) is 6.54 Å². The fraction of sp³-hybridized carbons (Fsp3) is 0.381. The van der Waals surface area contributed by atoms with Gasteiger partial charge in [0.1, 0.15) is 0 Å². The summed E-state index contributed by atoms with van der Waals surface area (Å²) in [6.45, 7) is 11.8. The molecule has 1 N–H and O–H groups in total. The van der Waals surface area contributed by atoms with Crippen LogP contribution in [0.1, 0.15) is 35.6 Å². The Balaban J connectivity index is 1.63. The fourth-order valence-corrected chi connectivity index (χ4v) is 3.28. The minimum Gasteiger partial charge on any atom is -0.319 e. The van der Waals surface area contributed by atoms with E-state index in [0.717, 1.165) is 43.3 Å². The standard InChI is InChI=1S/C21H27ClN6O/c1-5-26(6-2)11-12-27-14-18(13-23-27)24-21(29)17-7-9-19(10-8-17)28-16(4)20(22)15(3)25-28/h7-10,13-14H,5-6,11-12H2,1-4H3,(H,24,29). The average molecular weight is 415 g/mol. The predicted molar refractivity (Wildman–Crippen MR) is 116 cm³/mol. The number of hydrogen-bond acceptors (Lipinski definition) is 4. The smallest absolute Gasteiger partial charge is 0.255 e. The summed E-state index contributed by atoms with van der Waals surface area (Å²) in [6.07, 6.45) is 3.53. The van der Waals surface area contributed by atoms with Crippen molar-refractivity contribution in [3.05, 3.63) is 58.6 Å². The lowest BCUT2D eigenvalue weighted by Gasteiger charge is -2.17. The van der Waals surface area contributed by atoms with Crippen molar-refractivity contribution < 1.29 is 4.79 Å². The van der Waals surface area contributed by atoms with Gasteiger partial charge in [0, 0.05) is 18.3 Å². The Hall–Kier alpha value is -2.64. The molecule has 0 saturated carbocycles. The molecule has 0 fully saturated rings. The van der Waals surface area contributed by atoms with Crippen LogP contribution in [0.25, 0.3) is 5.69 Å². The number of carbonyl (C=O) groups excluding carboxylic acids is 1. The number of nitrogens with zero attached hydrogens (tertiary/aromatic N) is 5. The first kappa shape index (κ1) is 21.1. The number of anilines is 1. The number of aryl methyl sites for hydroxylation is 1. The van der Waals surface area contributed by atoms with Crippen LogP contribution in [0.15, 0.2) is 36.7 Å². The Bertz CT molecular complexity index is 972. The first-order valence-electron chi connectivity index (χ1n) is 9.81. The maximum atomic E-state index is 12.6. The lowest BCUT2D eigenvalue weighted by Crippen LogP contribution is -2.27. The summed E-state index contributed by atoms with van der Waals surface area (Å²) in [6, 6.07) is 7.27. The number of carbonyl (C=O) groups is 1. The van der Waals surface area contributed by atoms with Gasteiger partial charge in [-0.3, -0.25) is 9.48 Å². The van der Waals surface area contributed by atoms with Crippen molar-refractivity contribution in [3.63, 3.8) is 0 Å². The number of rotatable bonds is 8. The van der Waals surface area contributed by atoms with Crippen molar-refractivity contribution >= 4 is 23.2 Å². The zero-order valence-electron chi connectivity index (χ0n) is 17.3. The van der Waals surface area contributed by atoms with Crippen LogP contribution in [0.4, 0.5) is 5.69 Å². The van der Waals surface area contributed by atoms with Gasteiger partial charge in [-0.2, -0.15) is 10.2 Å². The predicted octanol–water partition coefficient (Wildman–Crippen LogP) is 3.93. The van der Waals surface area contributed by atoms with Crippen molar-refractivity contribution in [1.29, 1.82) is 0 Å². The van der Waals surface area contributed by atoms with Crippen LogP contribution in [0.5, 0.6) is 0 Å². The molecule has 0 aliphatic rings. The van der Waals surface area contributed by atoms with Crippen LogP contribution in [0.3, 0.4) is 0 Å². The summed E-state index contributed by atoms with van der Waals surface area (Å²) >= 11 is 6.22. The summed E-state index contributed by atoms with van der Waals surface area (Å²) < 4.78 is 3.63. The maximum absolute atomic E-state index is 12.6. The fourth-order valence-electron chi connectivity index (χ4n) is 3.17. The third-order valence-electron chi connectivity index (χ3n) is 5.01. The second kappa shape index (κ2) is 9.24. The molecule has 29 heavy (non-hydrogen) atoms. The van der Waals surface area contributed by atoms with E-state index in [1.54, 1.807) is 23.0 Å². The van der Waals surface area contributed by atoms with Crippen molar-refractivity contribution in [1.82, 2.24) is 24.5 Å². The summed E-state index contributed by atoms with van der Waals surface area (Å²) in [7, 11) is 0. The third-order valence-corrected chi connectivity index (χ3v) is 5.55. The third kappa shape index (κ3) is 4.86. The Labute approximate surface area is 176 Å². The number of aromatic nitrogens is 4. The quantitative estimate of drug-likeness (QED) is 0.606. The summed E-state index contributed by atoms with van der Waals surface area (Å²) in [4.78, 5) is 14.9. The average Bonchev–Trinajstić information content (AvgIpc) is 3.28. The van der Waals surface area contributed by atoms with E-state index in [2.05, 4.69) is 34.3 Å². The zero-order valence-corrected chi connectivity index (χ0v) is 18.1. The molecule has 3 aromatic rings. The molecule has 0 atom stereocenters. The van der Waals surface area contributed by atoms with Gasteiger partial charge >= 0.3 is 0 Å². The molecule has 1 amide bonds. The van der Waals surface area contributed by atoms with Crippen LogP contribution < -0.4 is 5.32 Å². The largest absolute Gasteiger partial charge is 0.319 e. The van der Waals surface area contributed by atoms with Gasteiger partial charge in [-0.15, -0.1) is 0 Å². The molecule has 7 nitrogen and oxygen atoms in total. The molecule has 0 aliphatic heterocycles. The highest BCUT2D eigenvalue weighted by molar-refractivity contribution is 6.31. The molecular formula is C21H27ClN6O. The highest BCUT2D eigenvalue weighted by Crippen LogP contribution is 2.22. The first-order valence-corrected chi connectivity index (χ1v) is 10.2. The monoisotopic (exact) mass is 414 g/mol. The highest BCUT2D eigenvalue weighted by atomic mass is 35.5. The summed E-state index contributed by atoms with van der Waals surface area (Å²) in [5, 5.41) is 12.3. The Kier molecular flexibility index (Phi) is 6.71. The molecule has 0 radical (unpaired) electrons. The molecule has 3 rings (SSSR count). The minimum absolute atomic E-state index is 0.175. The Morgan fingerprint density at radius 2 is 1.86 bits per heavy atom. The van der Waals surface area contributed by atoms with Crippen molar-refractivity contribution in [2.24, 2.45) is 0 Å². The second-order valence-corrected chi connectivity index (χ2v) is 7.29. The molecule has 154 valence electrons. The molecule has 2 heterocycles. The van der Waals surface area contributed by atoms with Gasteiger partial charge in [0.15, 0.2) is 0 Å². The van der Waals surface area contributed by atoms with Gasteiger partial charge in [0.25, 0.3) is 5.91 Å². The van der Waals surface area contributed by atoms with Crippen LogP contribution in [0, 0.1) is 13.8 Å². The topological polar surface area (TPSA) is 68.0 Å². The lowest BCUT2D eigenvalue weighted by atomic mass is 10.2. The van der Waals surface area contributed by atoms with Gasteiger partial charge < -0.3 is 10.2 Å². The number of amides is 1. The maximum Gasteiger partial charge on any atom is 0.255 e. The Morgan fingerprint density at radius 1 is 1.17 bits per heavy atom. The van der Waals surface area contributed by atoms with Crippen LogP contribution in [-0.4, -0.2) is 50.0 Å². The normalized spacial score (nSPS) is 11.2. The van der Waals surface area contributed by atoms with E-state index < -0.39 is 0 Å². The van der Waals surface area contributed by atoms with Crippen LogP contribution in [0.2, 0.25) is 5.02 Å². The number of hydrogen-bond donors (Lipinski definition) is 1. The van der Waals surface area contributed by atoms with Gasteiger partial charge in [-0.05, 0) is 51.2 Å². The van der Waals surface area contributed by atoms with E-state index in [1.165, 1.54) is 0 Å². The molecule has 8 heteroatoms. The number of nitrogens with one attached hydrogen (secondary N) is 1. The Morgan fingerprint density at radius 3 is 2.45 bits per heavy atom. The van der Waals surface area contributed by atoms with E-state index in [0.29, 0.717) is 16.3 Å². The lowest BCUT2D eigenvalue weighted by molar-refractivity contribution is 0.102. The molecule has 0 bridgehead atoms. The number of likely N-dealkylation sites (N-methyl/N-ethyl adjacent to an activating group) is 1. The number of halogens is 1. The first-order chi connectivity index (χ1) is 13.9. The summed E-state index contributed by atoms with van der Waals surface area (Å²) in [5.74, 6) is -0.175. The van der Waals surface area contributed by atoms with E-state index >= 15 is 0 Å². The van der Waals surface area contributed by atoms with E-state index in [4.69, 9.17) is 11.6 Å². The molecule has 0 spiro atoms. The highest BCUT2D eigenvalue weighted by Gasteiger charge is 2.12. The van der Waals surface area contributed by atoms with Gasteiger partial charge in [0.05, 0.1) is 40.5 Å². The molecule has 0 saturated heterocycles. The molecule has 0 unspecified atom stereocenters. The van der Waals surface area contributed by atoms with Gasteiger partial charge in [-0.25, -0.2) is 4.68 Å². The van der Waals surface area contributed by atoms with E-state index in [-0.39, 0.29) is 5.91 Å². The minimum atomic E-state index is -0.175. The van der Waals surface area contributed by atoms with Gasteiger partial charge in [-0.1, -0.05) is 25.4 Å². The molecule has 1 aromatic carbocycles. The summed E-state index contributed by atoms with van der Waals surface area (Å²) in [5.41, 5.74) is 3.77. The van der Waals surface area contributed by atoms with Crippen LogP contribution >= 0.6 is 11.6 Å². The molecule has 2 aromatic heterocycles. The number of benzene rings is 1. The van der Waals surface area contributed by atoms with E-state index in [1.807, 2.05) is 36.9 Å².